The van der Waals surface area contributed by atoms with Crippen LogP contribution in [0.2, 0.25) is 0 Å². The zero-order chi connectivity index (χ0) is 45.1. The Morgan fingerprint density at radius 3 is 0.790 bits per heavy atom. The van der Waals surface area contributed by atoms with Crippen LogP contribution in [0.5, 0.6) is 0 Å². The van der Waals surface area contributed by atoms with Gasteiger partial charge in [0, 0.05) is 52.7 Å². The molecule has 1 rings (SSSR count). The minimum absolute atomic E-state index is 0.0631. The molecule has 0 aliphatic rings. The summed E-state index contributed by atoms with van der Waals surface area (Å²) in [6, 6.07) is 4.80. The van der Waals surface area contributed by atoms with Gasteiger partial charge in [0.05, 0.1) is 132 Å². The second kappa shape index (κ2) is 41.6. The highest BCUT2D eigenvalue weighted by molar-refractivity contribution is 5.95. The van der Waals surface area contributed by atoms with Gasteiger partial charge >= 0.3 is 23.9 Å². The molecule has 21 nitrogen and oxygen atoms in total. The minimum atomic E-state index is -1.41. The number of nitrogens with zero attached hydrogens (tertiary/aromatic N) is 1. The average Bonchev–Trinajstić information content (AvgIpc) is 3.27. The number of esters is 4. The van der Waals surface area contributed by atoms with Crippen LogP contribution in [0.15, 0.2) is 18.2 Å². The van der Waals surface area contributed by atoms with Gasteiger partial charge in [-0.2, -0.15) is 0 Å². The Morgan fingerprint density at radius 2 is 0.565 bits per heavy atom. The molecule has 62 heavy (non-hydrogen) atoms. The molecular weight excluding hydrogens is 826 g/mol. The van der Waals surface area contributed by atoms with Gasteiger partial charge in [-0.25, -0.2) is 0 Å². The van der Waals surface area contributed by atoms with Crippen molar-refractivity contribution in [2.45, 2.75) is 12.8 Å². The smallest absolute Gasteiger partial charge is 0.320 e. The van der Waals surface area contributed by atoms with E-state index in [1.165, 1.54) is 0 Å². The largest absolute Gasteiger partial charge is 0.463 e. The maximum absolute atomic E-state index is 13.3. The predicted octanol–water partition coefficient (Wildman–Crippen LogP) is 0.290. The summed E-state index contributed by atoms with van der Waals surface area (Å²) >= 11 is 0. The van der Waals surface area contributed by atoms with E-state index in [-0.39, 0.29) is 104 Å². The fourth-order valence-corrected chi connectivity index (χ4v) is 4.76. The number of ether oxygens (including phenoxy) is 16. The molecule has 0 spiro atoms. The lowest BCUT2D eigenvalue weighted by Gasteiger charge is -2.17. The van der Waals surface area contributed by atoms with Crippen molar-refractivity contribution in [3.63, 3.8) is 0 Å². The molecule has 0 aliphatic carbocycles. The standard InChI is InChI=1S/C41H69NO20/c1-47-8-12-51-16-20-55-24-28-59-38(43)36(39(44)60-29-25-56-21-17-52-13-9-48-2)32-34-6-5-7-35(42-34)33-37(40(45)61-30-26-57-22-18-53-14-10-49-3)41(46)62-31-27-58-23-19-54-15-11-50-4/h5-7,36-37H,8-33H2,1-4H3. The number of aromatic nitrogens is 1. The minimum Gasteiger partial charge on any atom is -0.463 e. The molecule has 0 saturated heterocycles. The number of carbonyl (C=O) groups is 4. The summed E-state index contributed by atoms with van der Waals surface area (Å²) in [5.41, 5.74) is 0.580. The SMILES string of the molecule is COCCOCCOCCOC(=O)C(Cc1cccc(CC(C(=O)OCCOCCOCCOC)C(=O)OCCOCCOCCOC)n1)C(=O)OCCOCCOCCOC. The van der Waals surface area contributed by atoms with E-state index < -0.39 is 35.7 Å². The van der Waals surface area contributed by atoms with Crippen LogP contribution in [0.4, 0.5) is 0 Å². The molecule has 1 heterocycles. The molecule has 0 fully saturated rings. The molecule has 358 valence electrons. The van der Waals surface area contributed by atoms with Crippen LogP contribution in [0.25, 0.3) is 0 Å². The van der Waals surface area contributed by atoms with E-state index in [1.807, 2.05) is 0 Å². The highest BCUT2D eigenvalue weighted by Crippen LogP contribution is 2.16. The quantitative estimate of drug-likeness (QED) is 0.0371. The van der Waals surface area contributed by atoms with Crippen LogP contribution in [0.1, 0.15) is 11.4 Å². The molecule has 21 heteroatoms. The maximum Gasteiger partial charge on any atom is 0.320 e. The van der Waals surface area contributed by atoms with Crippen LogP contribution in [-0.4, -0.2) is 216 Å². The van der Waals surface area contributed by atoms with Gasteiger partial charge in [0.25, 0.3) is 0 Å². The van der Waals surface area contributed by atoms with Gasteiger partial charge in [0.1, 0.15) is 26.4 Å². The third-order valence-corrected chi connectivity index (χ3v) is 7.93. The first-order valence-electron chi connectivity index (χ1n) is 20.6. The molecule has 0 aliphatic heterocycles. The first kappa shape index (κ1) is 56.6. The van der Waals surface area contributed by atoms with Crippen molar-refractivity contribution < 1.29 is 95.0 Å². The van der Waals surface area contributed by atoms with Gasteiger partial charge in [-0.3, -0.25) is 24.2 Å². The van der Waals surface area contributed by atoms with E-state index in [2.05, 4.69) is 4.98 Å². The first-order chi connectivity index (χ1) is 30.4. The van der Waals surface area contributed by atoms with Crippen molar-refractivity contribution in [2.24, 2.45) is 11.8 Å². The molecular formula is C41H69NO20. The molecule has 0 radical (unpaired) electrons. The third-order valence-electron chi connectivity index (χ3n) is 7.93. The van der Waals surface area contributed by atoms with E-state index in [4.69, 9.17) is 75.8 Å². The lowest BCUT2D eigenvalue weighted by atomic mass is 10.0. The predicted molar refractivity (Wildman–Crippen MR) is 217 cm³/mol. The maximum atomic E-state index is 13.3. The summed E-state index contributed by atoms with van der Waals surface area (Å²) in [6.45, 7) is 5.57. The van der Waals surface area contributed by atoms with E-state index in [1.54, 1.807) is 46.6 Å². The Balaban J connectivity index is 2.95. The van der Waals surface area contributed by atoms with Gasteiger partial charge in [-0.1, -0.05) is 6.07 Å². The van der Waals surface area contributed by atoms with Crippen LogP contribution in [-0.2, 0) is 108 Å². The van der Waals surface area contributed by atoms with Crippen molar-refractivity contribution in [1.29, 1.82) is 0 Å². The second-order valence-corrected chi connectivity index (χ2v) is 12.7. The number of rotatable bonds is 44. The van der Waals surface area contributed by atoms with Gasteiger partial charge in [-0.05, 0) is 12.1 Å². The van der Waals surface area contributed by atoms with Crippen LogP contribution >= 0.6 is 0 Å². The molecule has 0 atom stereocenters. The summed E-state index contributed by atoms with van der Waals surface area (Å²) in [7, 11) is 6.29. The second-order valence-electron chi connectivity index (χ2n) is 12.7. The van der Waals surface area contributed by atoms with E-state index in [0.717, 1.165) is 0 Å². The van der Waals surface area contributed by atoms with Crippen molar-refractivity contribution in [1.82, 2.24) is 4.98 Å². The Labute approximate surface area is 364 Å². The van der Waals surface area contributed by atoms with E-state index in [0.29, 0.717) is 79.3 Å². The van der Waals surface area contributed by atoms with Gasteiger partial charge in [0.15, 0.2) is 11.8 Å². The Kier molecular flexibility index (Phi) is 37.9. The number of hydrogen-bond donors (Lipinski definition) is 0. The number of hydrogen-bond acceptors (Lipinski definition) is 21. The third kappa shape index (κ3) is 31.4. The molecule has 0 unspecified atom stereocenters. The molecule has 0 bridgehead atoms. The van der Waals surface area contributed by atoms with E-state index in [9.17, 15) is 19.2 Å². The summed E-state index contributed by atoms with van der Waals surface area (Å²) < 4.78 is 84.4. The number of methoxy groups -OCH3 is 4. The summed E-state index contributed by atoms with van der Waals surface area (Å²) in [4.78, 5) is 57.7. The highest BCUT2D eigenvalue weighted by Gasteiger charge is 2.33. The van der Waals surface area contributed by atoms with Crippen LogP contribution in [0.3, 0.4) is 0 Å². The zero-order valence-corrected chi connectivity index (χ0v) is 36.9. The van der Waals surface area contributed by atoms with Crippen molar-refractivity contribution >= 4 is 23.9 Å². The molecule has 0 N–H and O–H groups in total. The van der Waals surface area contributed by atoms with Crippen molar-refractivity contribution in [3.8, 4) is 0 Å². The fourth-order valence-electron chi connectivity index (χ4n) is 4.76. The Morgan fingerprint density at radius 1 is 0.355 bits per heavy atom. The number of pyridine rings is 1. The average molecular weight is 896 g/mol. The highest BCUT2D eigenvalue weighted by atomic mass is 16.6. The number of carbonyl (C=O) groups excluding carboxylic acids is 4. The lowest BCUT2D eigenvalue weighted by Crippen LogP contribution is -2.32. The topological polar surface area (TPSA) is 229 Å². The molecule has 0 amide bonds. The van der Waals surface area contributed by atoms with E-state index >= 15 is 0 Å². The van der Waals surface area contributed by atoms with Gasteiger partial charge in [-0.15, -0.1) is 0 Å². The van der Waals surface area contributed by atoms with Crippen molar-refractivity contribution in [3.05, 3.63) is 29.6 Å². The molecule has 0 saturated carbocycles. The first-order valence-corrected chi connectivity index (χ1v) is 20.6. The summed E-state index contributed by atoms with van der Waals surface area (Å²) in [5.74, 6) is -6.23. The fraction of sp³-hybridized carbons (Fsp3) is 0.780. The van der Waals surface area contributed by atoms with Crippen LogP contribution < -0.4 is 0 Å². The summed E-state index contributed by atoms with van der Waals surface area (Å²) in [5, 5.41) is 0. The zero-order valence-electron chi connectivity index (χ0n) is 36.9. The Hall–Kier alpha value is -3.45. The van der Waals surface area contributed by atoms with Crippen LogP contribution in [0, 0.1) is 11.8 Å². The molecule has 0 aromatic carbocycles. The van der Waals surface area contributed by atoms with Gasteiger partial charge in [0.2, 0.25) is 0 Å². The summed E-state index contributed by atoms with van der Waals surface area (Å²) in [6.07, 6.45) is -0.432. The van der Waals surface area contributed by atoms with Crippen molar-refractivity contribution in [2.75, 3.05) is 187 Å². The normalized spacial score (nSPS) is 11.3. The lowest BCUT2D eigenvalue weighted by molar-refractivity contribution is -0.165. The molecule has 1 aromatic heterocycles. The monoisotopic (exact) mass is 895 g/mol. The Bertz CT molecular complexity index is 1100. The molecule has 1 aromatic rings. The van der Waals surface area contributed by atoms with Gasteiger partial charge < -0.3 is 75.8 Å².